The maximum atomic E-state index is 11.2. The number of fused-ring (bicyclic) bond motifs is 1. The van der Waals surface area contributed by atoms with Crippen molar-refractivity contribution in [3.8, 4) is 0 Å². The average molecular weight is 260 g/mol. The van der Waals surface area contributed by atoms with Gasteiger partial charge >= 0.3 is 5.76 Å². The Labute approximate surface area is 112 Å². The van der Waals surface area contributed by atoms with Crippen molar-refractivity contribution in [2.75, 3.05) is 6.54 Å². The lowest BCUT2D eigenvalue weighted by atomic mass is 9.91. The Balaban J connectivity index is 1.96. The topological polar surface area (TPSA) is 58.0 Å². The summed E-state index contributed by atoms with van der Waals surface area (Å²) < 4.78 is 5.16. The van der Waals surface area contributed by atoms with Gasteiger partial charge in [0.25, 0.3) is 0 Å². The second-order valence-corrected chi connectivity index (χ2v) is 5.35. The molecule has 0 aliphatic heterocycles. The molecule has 1 atom stereocenters. The van der Waals surface area contributed by atoms with Crippen LogP contribution in [0.4, 0.5) is 0 Å². The van der Waals surface area contributed by atoms with Gasteiger partial charge in [-0.25, -0.2) is 4.79 Å². The van der Waals surface area contributed by atoms with Crippen LogP contribution in [0.1, 0.15) is 44.2 Å². The average Bonchev–Trinajstić information content (AvgIpc) is 3.02. The molecule has 4 nitrogen and oxygen atoms in total. The van der Waals surface area contributed by atoms with Crippen LogP contribution in [0.5, 0.6) is 0 Å². The van der Waals surface area contributed by atoms with Gasteiger partial charge in [-0.1, -0.05) is 25.8 Å². The predicted molar refractivity (Wildman–Crippen MR) is 75.2 cm³/mol. The first kappa shape index (κ1) is 12.5. The summed E-state index contributed by atoms with van der Waals surface area (Å²) >= 11 is 0. The van der Waals surface area contributed by atoms with Crippen LogP contribution in [0.15, 0.2) is 27.4 Å². The van der Waals surface area contributed by atoms with Crippen molar-refractivity contribution in [1.82, 2.24) is 10.3 Å². The number of hydrogen-bond donors (Lipinski definition) is 2. The number of hydrogen-bond acceptors (Lipinski definition) is 3. The first-order valence-corrected chi connectivity index (χ1v) is 7.14. The minimum absolute atomic E-state index is 0.372. The molecule has 1 aromatic heterocycles. The van der Waals surface area contributed by atoms with Crippen LogP contribution in [0.2, 0.25) is 0 Å². The lowest BCUT2D eigenvalue weighted by molar-refractivity contribution is 0.374. The van der Waals surface area contributed by atoms with Crippen molar-refractivity contribution in [2.24, 2.45) is 5.92 Å². The molecule has 1 aliphatic carbocycles. The first-order valence-electron chi connectivity index (χ1n) is 7.14. The molecule has 102 valence electrons. The van der Waals surface area contributed by atoms with Crippen molar-refractivity contribution in [1.29, 1.82) is 0 Å². The number of rotatable bonds is 4. The molecule has 1 heterocycles. The van der Waals surface area contributed by atoms with E-state index in [-0.39, 0.29) is 5.76 Å². The van der Waals surface area contributed by atoms with E-state index >= 15 is 0 Å². The highest BCUT2D eigenvalue weighted by Crippen LogP contribution is 2.36. The van der Waals surface area contributed by atoms with E-state index in [4.69, 9.17) is 4.42 Å². The summed E-state index contributed by atoms with van der Waals surface area (Å²) in [6, 6.07) is 6.41. The minimum atomic E-state index is -0.381. The molecule has 2 aromatic rings. The largest absolute Gasteiger partial charge is 0.417 e. The molecule has 1 aromatic carbocycles. The summed E-state index contributed by atoms with van der Waals surface area (Å²) in [5.74, 6) is 0.316. The molecule has 0 saturated heterocycles. The number of benzene rings is 1. The molecule has 0 amide bonds. The van der Waals surface area contributed by atoms with E-state index in [0.29, 0.717) is 17.5 Å². The van der Waals surface area contributed by atoms with Crippen molar-refractivity contribution in [2.45, 2.75) is 38.6 Å². The first-order chi connectivity index (χ1) is 9.28. The number of aromatic amines is 1. The molecule has 1 unspecified atom stereocenters. The fourth-order valence-corrected chi connectivity index (χ4v) is 3.22. The maximum absolute atomic E-state index is 11.2. The van der Waals surface area contributed by atoms with Gasteiger partial charge in [0, 0.05) is 6.04 Å². The van der Waals surface area contributed by atoms with Gasteiger partial charge in [-0.05, 0) is 43.0 Å². The lowest BCUT2D eigenvalue weighted by Gasteiger charge is -2.24. The van der Waals surface area contributed by atoms with E-state index in [0.717, 1.165) is 12.1 Å². The maximum Gasteiger partial charge on any atom is 0.417 e. The molecule has 4 heteroatoms. The van der Waals surface area contributed by atoms with Gasteiger partial charge in [-0.3, -0.25) is 4.98 Å². The fourth-order valence-electron chi connectivity index (χ4n) is 3.22. The fraction of sp³-hybridized carbons (Fsp3) is 0.533. The van der Waals surface area contributed by atoms with Gasteiger partial charge < -0.3 is 9.73 Å². The van der Waals surface area contributed by atoms with Crippen LogP contribution < -0.4 is 11.1 Å². The van der Waals surface area contributed by atoms with E-state index in [1.807, 2.05) is 12.1 Å². The van der Waals surface area contributed by atoms with Crippen LogP contribution in [-0.4, -0.2) is 11.5 Å². The normalized spacial score (nSPS) is 18.2. The van der Waals surface area contributed by atoms with Gasteiger partial charge in [0.05, 0.1) is 5.52 Å². The Bertz CT molecular complexity index is 608. The highest BCUT2D eigenvalue weighted by atomic mass is 16.4. The number of H-pyrrole nitrogens is 1. The van der Waals surface area contributed by atoms with Gasteiger partial charge in [-0.2, -0.15) is 0 Å². The highest BCUT2D eigenvalue weighted by molar-refractivity contribution is 5.72. The van der Waals surface area contributed by atoms with Crippen molar-refractivity contribution < 1.29 is 4.42 Å². The van der Waals surface area contributed by atoms with Gasteiger partial charge in [0.1, 0.15) is 0 Å². The third-order valence-electron chi connectivity index (χ3n) is 4.10. The summed E-state index contributed by atoms with van der Waals surface area (Å²) in [6.45, 7) is 3.09. The zero-order valence-corrected chi connectivity index (χ0v) is 11.2. The van der Waals surface area contributed by atoms with Gasteiger partial charge in [0.15, 0.2) is 5.58 Å². The molecule has 0 bridgehead atoms. The molecule has 1 fully saturated rings. The quantitative estimate of drug-likeness (QED) is 0.888. The van der Waals surface area contributed by atoms with E-state index in [1.54, 1.807) is 0 Å². The van der Waals surface area contributed by atoms with Crippen LogP contribution in [0.25, 0.3) is 11.1 Å². The Hall–Kier alpha value is -1.55. The Morgan fingerprint density at radius 2 is 2.21 bits per heavy atom. The van der Waals surface area contributed by atoms with Crippen LogP contribution >= 0.6 is 0 Å². The number of nitrogens with one attached hydrogen (secondary N) is 2. The van der Waals surface area contributed by atoms with Crippen LogP contribution in [0.3, 0.4) is 0 Å². The summed E-state index contributed by atoms with van der Waals surface area (Å²) in [6.07, 6.45) is 5.22. The summed E-state index contributed by atoms with van der Waals surface area (Å²) in [7, 11) is 0. The van der Waals surface area contributed by atoms with Gasteiger partial charge in [-0.15, -0.1) is 0 Å². The second-order valence-electron chi connectivity index (χ2n) is 5.35. The zero-order valence-electron chi connectivity index (χ0n) is 11.2. The second kappa shape index (κ2) is 5.21. The monoisotopic (exact) mass is 260 g/mol. The summed E-state index contributed by atoms with van der Waals surface area (Å²) in [5, 5.41) is 3.58. The number of aromatic nitrogens is 1. The summed E-state index contributed by atoms with van der Waals surface area (Å²) in [4.78, 5) is 13.9. The van der Waals surface area contributed by atoms with Crippen LogP contribution in [-0.2, 0) is 0 Å². The summed E-state index contributed by atoms with van der Waals surface area (Å²) in [5.41, 5.74) is 2.66. The van der Waals surface area contributed by atoms with Gasteiger partial charge in [0.2, 0.25) is 0 Å². The molecule has 19 heavy (non-hydrogen) atoms. The van der Waals surface area contributed by atoms with Crippen LogP contribution in [0, 0.1) is 5.92 Å². The standard InChI is InChI=1S/C15H20N2O2/c1-2-16-14(10-5-3-4-6-10)11-7-8-12-13(9-11)19-15(18)17-12/h7-10,14,16H,2-6H2,1H3,(H,17,18). The smallest absolute Gasteiger partial charge is 0.408 e. The Morgan fingerprint density at radius 3 is 2.95 bits per heavy atom. The third-order valence-corrected chi connectivity index (χ3v) is 4.10. The molecule has 0 spiro atoms. The van der Waals surface area contributed by atoms with E-state index in [1.165, 1.54) is 31.2 Å². The molecule has 1 saturated carbocycles. The molecular weight excluding hydrogens is 240 g/mol. The van der Waals surface area contributed by atoms with E-state index < -0.39 is 0 Å². The minimum Gasteiger partial charge on any atom is -0.408 e. The molecule has 2 N–H and O–H groups in total. The molecule has 0 radical (unpaired) electrons. The predicted octanol–water partition coefficient (Wildman–Crippen LogP) is 2.96. The molecule has 1 aliphatic rings. The lowest BCUT2D eigenvalue weighted by Crippen LogP contribution is -2.26. The van der Waals surface area contributed by atoms with Crippen molar-refractivity contribution >= 4 is 11.1 Å². The van der Waals surface area contributed by atoms with E-state index in [2.05, 4.69) is 23.3 Å². The molecule has 3 rings (SSSR count). The third kappa shape index (κ3) is 2.45. The molecular formula is C15H20N2O2. The van der Waals surface area contributed by atoms with Crippen molar-refractivity contribution in [3.05, 3.63) is 34.3 Å². The number of oxazole rings is 1. The Morgan fingerprint density at radius 1 is 1.42 bits per heavy atom. The highest BCUT2D eigenvalue weighted by Gasteiger charge is 2.26. The zero-order chi connectivity index (χ0) is 13.2. The van der Waals surface area contributed by atoms with E-state index in [9.17, 15) is 4.79 Å². The SMILES string of the molecule is CCNC(c1ccc2[nH]c(=O)oc2c1)C1CCCC1. The Kier molecular flexibility index (Phi) is 3.42. The van der Waals surface area contributed by atoms with Crippen molar-refractivity contribution in [3.63, 3.8) is 0 Å².